The van der Waals surface area contributed by atoms with Crippen molar-refractivity contribution >= 4 is 23.5 Å². The first-order valence-electron chi connectivity index (χ1n) is 14.4. The molecule has 6 nitrogen and oxygen atoms in total. The predicted molar refractivity (Wildman–Crippen MR) is 137 cm³/mol. The number of carbonyl (C=O) groups is 1. The fourth-order valence-corrected chi connectivity index (χ4v) is 7.01. The molecule has 1 saturated heterocycles. The number of hydrazine groups is 1. The lowest BCUT2D eigenvalue weighted by Gasteiger charge is -2.36. The molecule has 4 rings (SSSR count). The van der Waals surface area contributed by atoms with Gasteiger partial charge in [0.1, 0.15) is 24.6 Å². The van der Waals surface area contributed by atoms with Crippen molar-refractivity contribution in [2.45, 2.75) is 132 Å². The summed E-state index contributed by atoms with van der Waals surface area (Å²) in [7, 11) is 0. The van der Waals surface area contributed by atoms with Gasteiger partial charge in [0.05, 0.1) is 5.92 Å². The normalized spacial score (nSPS) is 39.9. The van der Waals surface area contributed by atoms with Crippen molar-refractivity contribution in [1.82, 2.24) is 21.1 Å². The van der Waals surface area contributed by atoms with E-state index in [1.165, 1.54) is 11.9 Å². The number of guanidine groups is 1. The molecule has 15 heteroatoms. The number of amides is 1. The molecule has 6 unspecified atom stereocenters. The third-order valence-corrected chi connectivity index (χ3v) is 9.29. The molecule has 4 aliphatic rings. The molecule has 0 aromatic rings. The van der Waals surface area contributed by atoms with Crippen LogP contribution in [0.1, 0.15) is 77.6 Å². The van der Waals surface area contributed by atoms with Crippen LogP contribution in [0.25, 0.3) is 0 Å². The van der Waals surface area contributed by atoms with Crippen molar-refractivity contribution in [3.63, 3.8) is 0 Å². The molecule has 6 atom stereocenters. The largest absolute Gasteiger partial charge is 0.405 e. The zero-order chi connectivity index (χ0) is 30.1. The maximum absolute atomic E-state index is 14.3. The minimum atomic E-state index is -4.61. The van der Waals surface area contributed by atoms with Crippen LogP contribution in [0.3, 0.4) is 0 Å². The molecule has 41 heavy (non-hydrogen) atoms. The van der Waals surface area contributed by atoms with Crippen molar-refractivity contribution in [2.75, 3.05) is 0 Å². The van der Waals surface area contributed by atoms with E-state index in [-0.39, 0.29) is 57.3 Å². The highest BCUT2D eigenvalue weighted by molar-refractivity contribution is 6.20. The smallest absolute Gasteiger partial charge is 0.353 e. The van der Waals surface area contributed by atoms with Gasteiger partial charge in [-0.1, -0.05) is 6.92 Å². The summed E-state index contributed by atoms with van der Waals surface area (Å²) in [5.74, 6) is -4.08. The van der Waals surface area contributed by atoms with Gasteiger partial charge in [-0.2, -0.15) is 26.3 Å². The lowest BCUT2D eigenvalue weighted by atomic mass is 9.81. The average molecular weight is 624 g/mol. The van der Waals surface area contributed by atoms with Crippen LogP contribution >= 0.6 is 11.6 Å². The molecular formula is C26H38ClF8N5O. The molecule has 4 fully saturated rings. The summed E-state index contributed by atoms with van der Waals surface area (Å²) in [5.41, 5.74) is 2.52. The lowest BCUT2D eigenvalue weighted by molar-refractivity contribution is -0.184. The van der Waals surface area contributed by atoms with Crippen LogP contribution < -0.4 is 16.1 Å². The second-order valence-corrected chi connectivity index (χ2v) is 12.7. The van der Waals surface area contributed by atoms with Crippen molar-refractivity contribution in [3.8, 4) is 0 Å². The molecule has 3 saturated carbocycles. The summed E-state index contributed by atoms with van der Waals surface area (Å²) in [4.78, 5) is 17.7. The van der Waals surface area contributed by atoms with Crippen molar-refractivity contribution in [1.29, 1.82) is 0 Å². The van der Waals surface area contributed by atoms with Gasteiger partial charge in [0.15, 0.2) is 5.96 Å². The van der Waals surface area contributed by atoms with Gasteiger partial charge in [0.25, 0.3) is 0 Å². The molecule has 1 heterocycles. The van der Waals surface area contributed by atoms with Gasteiger partial charge < -0.3 is 5.32 Å². The fourth-order valence-electron chi connectivity index (χ4n) is 6.60. The van der Waals surface area contributed by atoms with Crippen LogP contribution in [0.2, 0.25) is 0 Å². The van der Waals surface area contributed by atoms with Gasteiger partial charge in [-0.25, -0.2) is 24.2 Å². The van der Waals surface area contributed by atoms with Gasteiger partial charge in [-0.15, -0.1) is 11.6 Å². The van der Waals surface area contributed by atoms with Gasteiger partial charge in [-0.05, 0) is 70.6 Å². The second kappa shape index (κ2) is 13.1. The number of hydrogen-bond donors (Lipinski definition) is 3. The maximum Gasteiger partial charge on any atom is 0.405 e. The summed E-state index contributed by atoms with van der Waals surface area (Å²) in [6.45, 7) is 1.38. The highest BCUT2D eigenvalue weighted by atomic mass is 35.5. The van der Waals surface area contributed by atoms with Crippen LogP contribution in [0.4, 0.5) is 35.1 Å². The van der Waals surface area contributed by atoms with Gasteiger partial charge in [0, 0.05) is 29.3 Å². The van der Waals surface area contributed by atoms with E-state index in [4.69, 9.17) is 11.6 Å². The monoisotopic (exact) mass is 623 g/mol. The summed E-state index contributed by atoms with van der Waals surface area (Å²) < 4.78 is 109. The zero-order valence-electron chi connectivity index (χ0n) is 22.8. The SMILES string of the molecule is CC1C(/N=C(/NC(=O)C2CCC(C(F)(F)F)CC2)NC2CC(F)CC(Cl)C2)N(C2CCC(F)CC2)NC1C(F)(F)F. The Kier molecular flexibility index (Phi) is 10.4. The van der Waals surface area contributed by atoms with E-state index < -0.39 is 78.0 Å². The molecule has 3 aliphatic carbocycles. The second-order valence-electron chi connectivity index (χ2n) is 12.0. The van der Waals surface area contributed by atoms with E-state index in [1.807, 2.05) is 0 Å². The molecule has 3 N–H and O–H groups in total. The molecule has 0 aromatic heterocycles. The summed E-state index contributed by atoms with van der Waals surface area (Å²) in [6, 6.07) is -2.94. The molecule has 1 amide bonds. The zero-order valence-corrected chi connectivity index (χ0v) is 23.5. The molecule has 0 spiro atoms. The highest BCUT2D eigenvalue weighted by Gasteiger charge is 2.54. The number of nitrogens with zero attached hydrogens (tertiary/aromatic N) is 2. The number of alkyl halides is 9. The standard InChI is InChI=1S/C26H38ClF8N5O/c1-13-21(26(33,34)35)39-40(20-8-6-17(28)7-9-20)22(13)37-24(36-19-11-16(27)10-18(29)12-19)38-23(41)14-2-4-15(5-3-14)25(30,31)32/h13-22,39H,2-12H2,1H3,(H2,36,37,38,41). The molecule has 0 bridgehead atoms. The Balaban J connectivity index is 1.57. The Bertz CT molecular complexity index is 911. The molecule has 1 aliphatic heterocycles. The number of carbonyl (C=O) groups excluding carboxylic acids is 1. The molecular weight excluding hydrogens is 586 g/mol. The molecule has 0 aromatic carbocycles. The van der Waals surface area contributed by atoms with Crippen molar-refractivity contribution in [3.05, 3.63) is 0 Å². The summed E-state index contributed by atoms with van der Waals surface area (Å²) >= 11 is 6.19. The van der Waals surface area contributed by atoms with Crippen LogP contribution in [-0.2, 0) is 4.79 Å². The van der Waals surface area contributed by atoms with E-state index in [0.29, 0.717) is 19.3 Å². The number of rotatable bonds is 4. The topological polar surface area (TPSA) is 68.8 Å². The first-order valence-corrected chi connectivity index (χ1v) is 14.8. The maximum atomic E-state index is 14.3. The summed E-state index contributed by atoms with van der Waals surface area (Å²) in [5, 5.41) is 6.46. The van der Waals surface area contributed by atoms with Crippen LogP contribution in [-0.4, -0.2) is 71.2 Å². The number of halogens is 9. The Labute approximate surface area is 239 Å². The first kappa shape index (κ1) is 32.5. The summed E-state index contributed by atoms with van der Waals surface area (Å²) in [6.07, 6.45) is -11.2. The van der Waals surface area contributed by atoms with E-state index in [0.717, 1.165) is 0 Å². The van der Waals surface area contributed by atoms with Crippen molar-refractivity contribution in [2.24, 2.45) is 22.7 Å². The molecule has 0 radical (unpaired) electrons. The lowest BCUT2D eigenvalue weighted by Crippen LogP contribution is -2.53. The highest BCUT2D eigenvalue weighted by Crippen LogP contribution is 2.40. The van der Waals surface area contributed by atoms with Gasteiger partial charge in [0.2, 0.25) is 5.91 Å². The van der Waals surface area contributed by atoms with Crippen LogP contribution in [0.15, 0.2) is 4.99 Å². The Morgan fingerprint density at radius 3 is 2.07 bits per heavy atom. The Hall–Kier alpha value is -1.41. The van der Waals surface area contributed by atoms with Crippen LogP contribution in [0, 0.1) is 17.8 Å². The van der Waals surface area contributed by atoms with E-state index in [9.17, 15) is 39.9 Å². The third kappa shape index (κ3) is 8.36. The third-order valence-electron chi connectivity index (χ3n) is 8.94. The Morgan fingerprint density at radius 1 is 0.878 bits per heavy atom. The van der Waals surface area contributed by atoms with Gasteiger partial charge >= 0.3 is 12.4 Å². The number of nitrogens with one attached hydrogen (secondary N) is 3. The van der Waals surface area contributed by atoms with Gasteiger partial charge in [-0.3, -0.25) is 10.1 Å². The first-order chi connectivity index (χ1) is 19.1. The quantitative estimate of drug-likeness (QED) is 0.158. The van der Waals surface area contributed by atoms with E-state index in [2.05, 4.69) is 21.1 Å². The van der Waals surface area contributed by atoms with E-state index >= 15 is 0 Å². The molecule has 236 valence electrons. The van der Waals surface area contributed by atoms with Crippen LogP contribution in [0.5, 0.6) is 0 Å². The van der Waals surface area contributed by atoms with Crippen molar-refractivity contribution < 1.29 is 39.9 Å². The van der Waals surface area contributed by atoms with E-state index in [1.54, 1.807) is 0 Å². The minimum absolute atomic E-state index is 0.000835. The fraction of sp³-hybridized carbons (Fsp3) is 0.923. The minimum Gasteiger partial charge on any atom is -0.353 e. The number of hydrogen-bond acceptors (Lipinski definition) is 4. The average Bonchev–Trinajstić information content (AvgIpc) is 3.19. The predicted octanol–water partition coefficient (Wildman–Crippen LogP) is 5.91. The number of aliphatic imine (C=N–C) groups is 1. The Morgan fingerprint density at radius 2 is 1.51 bits per heavy atom.